The van der Waals surface area contributed by atoms with Crippen LogP contribution in [0.1, 0.15) is 28.8 Å². The SMILES string of the molecule is COc1ccc(CN2CC(F)(F)C(=O)N(C)c3cnc(Nc4ccc(C(=O)NC5CCN(C)CC5)cc4OC)nc32)cc1. The normalized spacial score (nSPS) is 17.2. The summed E-state index contributed by atoms with van der Waals surface area (Å²) in [6, 6.07) is 12.1. The second kappa shape index (κ2) is 12.4. The number of benzene rings is 2. The van der Waals surface area contributed by atoms with Gasteiger partial charge in [0, 0.05) is 25.2 Å². The quantitative estimate of drug-likeness (QED) is 0.403. The number of aromatic nitrogens is 2. The fourth-order valence-corrected chi connectivity index (χ4v) is 5.19. The van der Waals surface area contributed by atoms with E-state index in [1.54, 1.807) is 49.6 Å². The van der Waals surface area contributed by atoms with Gasteiger partial charge in [0.25, 0.3) is 11.8 Å². The molecule has 228 valence electrons. The topological polar surface area (TPSA) is 112 Å². The van der Waals surface area contributed by atoms with Crippen LogP contribution in [0.2, 0.25) is 0 Å². The predicted octanol–water partition coefficient (Wildman–Crippen LogP) is 3.68. The van der Waals surface area contributed by atoms with E-state index < -0.39 is 18.4 Å². The van der Waals surface area contributed by atoms with Crippen LogP contribution in [0.15, 0.2) is 48.7 Å². The second-order valence-corrected chi connectivity index (χ2v) is 10.8. The molecule has 2 amide bonds. The molecule has 1 aromatic heterocycles. The summed E-state index contributed by atoms with van der Waals surface area (Å²) < 4.78 is 40.7. The molecular weight excluding hydrogens is 560 g/mol. The summed E-state index contributed by atoms with van der Waals surface area (Å²) in [5.74, 6) is -3.91. The van der Waals surface area contributed by atoms with Crippen LogP contribution in [-0.2, 0) is 11.3 Å². The van der Waals surface area contributed by atoms with Crippen molar-refractivity contribution in [3.8, 4) is 11.5 Å². The van der Waals surface area contributed by atoms with Gasteiger partial charge in [-0.3, -0.25) is 9.59 Å². The number of hydrogen-bond donors (Lipinski definition) is 2. The molecule has 0 spiro atoms. The minimum Gasteiger partial charge on any atom is -0.497 e. The van der Waals surface area contributed by atoms with E-state index in [-0.39, 0.29) is 35.9 Å². The highest BCUT2D eigenvalue weighted by atomic mass is 19.3. The average Bonchev–Trinajstić information content (AvgIpc) is 3.07. The molecule has 2 aliphatic rings. The van der Waals surface area contributed by atoms with Gasteiger partial charge in [0.05, 0.1) is 32.6 Å². The predicted molar refractivity (Wildman–Crippen MR) is 159 cm³/mol. The minimum atomic E-state index is -3.65. The first-order valence-electron chi connectivity index (χ1n) is 13.9. The van der Waals surface area contributed by atoms with Gasteiger partial charge in [-0.05, 0) is 68.9 Å². The van der Waals surface area contributed by atoms with E-state index >= 15 is 0 Å². The molecule has 3 aromatic rings. The zero-order chi connectivity index (χ0) is 30.7. The number of piperidine rings is 1. The highest BCUT2D eigenvalue weighted by molar-refractivity contribution is 6.02. The van der Waals surface area contributed by atoms with Gasteiger partial charge in [-0.2, -0.15) is 13.8 Å². The fraction of sp³-hybridized carbons (Fsp3) is 0.400. The molecule has 0 atom stereocenters. The van der Waals surface area contributed by atoms with E-state index in [1.807, 2.05) is 0 Å². The van der Waals surface area contributed by atoms with Gasteiger partial charge in [-0.15, -0.1) is 0 Å². The summed E-state index contributed by atoms with van der Waals surface area (Å²) in [4.78, 5) is 38.9. The number of methoxy groups -OCH3 is 2. The lowest BCUT2D eigenvalue weighted by molar-refractivity contribution is -0.140. The number of amides is 2. The van der Waals surface area contributed by atoms with Crippen molar-refractivity contribution in [3.63, 3.8) is 0 Å². The Bertz CT molecular complexity index is 1480. The van der Waals surface area contributed by atoms with Gasteiger partial charge in [0.1, 0.15) is 17.2 Å². The molecular formula is C30H35F2N7O4. The Hall–Kier alpha value is -4.52. The summed E-state index contributed by atoms with van der Waals surface area (Å²) in [5, 5.41) is 6.16. The molecule has 13 heteroatoms. The Morgan fingerprint density at radius 3 is 2.47 bits per heavy atom. The number of halogens is 2. The van der Waals surface area contributed by atoms with Crippen molar-refractivity contribution < 1.29 is 27.8 Å². The van der Waals surface area contributed by atoms with Gasteiger partial charge >= 0.3 is 5.92 Å². The first-order chi connectivity index (χ1) is 20.6. The third kappa shape index (κ3) is 6.61. The Balaban J connectivity index is 1.40. The van der Waals surface area contributed by atoms with Crippen LogP contribution in [-0.4, -0.2) is 86.6 Å². The Morgan fingerprint density at radius 1 is 1.07 bits per heavy atom. The first-order valence-corrected chi connectivity index (χ1v) is 13.9. The van der Waals surface area contributed by atoms with Crippen molar-refractivity contribution in [1.29, 1.82) is 0 Å². The number of carbonyl (C=O) groups is 2. The van der Waals surface area contributed by atoms with E-state index in [9.17, 15) is 18.4 Å². The molecule has 3 heterocycles. The zero-order valence-electron chi connectivity index (χ0n) is 24.6. The standard InChI is InChI=1S/C30H35F2N7O4/c1-37-13-11-21(12-14-37)34-27(40)20-7-10-23(25(15-20)43-4)35-29-33-16-24-26(36-29)39(18-30(31,32)28(41)38(24)2)17-19-5-8-22(42-3)9-6-19/h5-10,15-16,21H,11-14,17-18H2,1-4H3,(H,34,40)(H,33,35,36). The molecule has 0 unspecified atom stereocenters. The van der Waals surface area contributed by atoms with Gasteiger partial charge < -0.3 is 34.8 Å². The minimum absolute atomic E-state index is 0.0641. The number of likely N-dealkylation sites (tertiary alicyclic amines) is 1. The Labute approximate surface area is 248 Å². The van der Waals surface area contributed by atoms with Crippen LogP contribution in [0.5, 0.6) is 11.5 Å². The average molecular weight is 596 g/mol. The van der Waals surface area contributed by atoms with Crippen LogP contribution >= 0.6 is 0 Å². The lowest BCUT2D eigenvalue weighted by atomic mass is 10.0. The van der Waals surface area contributed by atoms with Crippen molar-refractivity contribution >= 4 is 35.0 Å². The first kappa shape index (κ1) is 30.0. The molecule has 11 nitrogen and oxygen atoms in total. The van der Waals surface area contributed by atoms with E-state index in [0.29, 0.717) is 22.7 Å². The van der Waals surface area contributed by atoms with Crippen LogP contribution in [0.25, 0.3) is 0 Å². The molecule has 5 rings (SSSR count). The molecule has 1 saturated heterocycles. The number of nitrogens with one attached hydrogen (secondary N) is 2. The summed E-state index contributed by atoms with van der Waals surface area (Å²) in [7, 11) is 6.37. The maximum atomic E-state index is 15.0. The lowest BCUT2D eigenvalue weighted by Gasteiger charge is -2.29. The number of carbonyl (C=O) groups excluding carboxylic acids is 2. The largest absolute Gasteiger partial charge is 0.497 e. The number of anilines is 4. The van der Waals surface area contributed by atoms with Crippen LogP contribution in [0.4, 0.5) is 31.9 Å². The Morgan fingerprint density at radius 2 is 1.79 bits per heavy atom. The maximum absolute atomic E-state index is 15.0. The third-order valence-electron chi connectivity index (χ3n) is 7.71. The van der Waals surface area contributed by atoms with Crippen LogP contribution in [0, 0.1) is 0 Å². The van der Waals surface area contributed by atoms with Crippen LogP contribution < -0.4 is 29.9 Å². The summed E-state index contributed by atoms with van der Waals surface area (Å²) in [6.07, 6.45) is 3.11. The number of hydrogen-bond acceptors (Lipinski definition) is 9. The summed E-state index contributed by atoms with van der Waals surface area (Å²) >= 11 is 0. The van der Waals surface area contributed by atoms with Crippen molar-refractivity contribution in [2.45, 2.75) is 31.4 Å². The molecule has 0 radical (unpaired) electrons. The highest BCUT2D eigenvalue weighted by Crippen LogP contribution is 2.37. The van der Waals surface area contributed by atoms with Crippen molar-refractivity contribution in [2.24, 2.45) is 0 Å². The number of nitrogens with zero attached hydrogens (tertiary/aromatic N) is 5. The Kier molecular flexibility index (Phi) is 8.62. The van der Waals surface area contributed by atoms with Gasteiger partial charge in [-0.25, -0.2) is 4.98 Å². The van der Waals surface area contributed by atoms with Crippen molar-refractivity contribution in [1.82, 2.24) is 20.2 Å². The molecule has 0 aliphatic carbocycles. The van der Waals surface area contributed by atoms with Gasteiger partial charge in [0.15, 0.2) is 5.82 Å². The molecule has 2 N–H and O–H groups in total. The van der Waals surface area contributed by atoms with Gasteiger partial charge in [-0.1, -0.05) is 12.1 Å². The van der Waals surface area contributed by atoms with Crippen LogP contribution in [0.3, 0.4) is 0 Å². The van der Waals surface area contributed by atoms with E-state index in [2.05, 4.69) is 32.5 Å². The number of alkyl halides is 2. The highest BCUT2D eigenvalue weighted by Gasteiger charge is 2.47. The lowest BCUT2D eigenvalue weighted by Crippen LogP contribution is -2.46. The summed E-state index contributed by atoms with van der Waals surface area (Å²) in [5.41, 5.74) is 1.79. The monoisotopic (exact) mass is 595 g/mol. The van der Waals surface area contributed by atoms with Crippen molar-refractivity contribution in [2.75, 3.05) is 63.1 Å². The molecule has 1 fully saturated rings. The maximum Gasteiger partial charge on any atom is 0.342 e. The number of fused-ring (bicyclic) bond motifs is 1. The summed E-state index contributed by atoms with van der Waals surface area (Å²) in [6.45, 7) is 1.05. The molecule has 43 heavy (non-hydrogen) atoms. The number of rotatable bonds is 8. The molecule has 2 aliphatic heterocycles. The molecule has 0 saturated carbocycles. The van der Waals surface area contributed by atoms with E-state index in [4.69, 9.17) is 9.47 Å². The fourth-order valence-electron chi connectivity index (χ4n) is 5.19. The van der Waals surface area contributed by atoms with Gasteiger partial charge in [0.2, 0.25) is 5.95 Å². The smallest absolute Gasteiger partial charge is 0.342 e. The van der Waals surface area contributed by atoms with E-state index in [0.717, 1.165) is 36.4 Å². The third-order valence-corrected chi connectivity index (χ3v) is 7.71. The number of ether oxygens (including phenoxy) is 2. The molecule has 0 bridgehead atoms. The molecule has 2 aromatic carbocycles. The zero-order valence-corrected chi connectivity index (χ0v) is 24.6. The van der Waals surface area contributed by atoms with Crippen molar-refractivity contribution in [3.05, 3.63) is 59.8 Å². The van der Waals surface area contributed by atoms with E-state index in [1.165, 1.54) is 25.3 Å². The second-order valence-electron chi connectivity index (χ2n) is 10.8.